The summed E-state index contributed by atoms with van der Waals surface area (Å²) in [6, 6.07) is 21.2. The van der Waals surface area contributed by atoms with Crippen LogP contribution >= 0.6 is 11.3 Å². The molecule has 0 spiro atoms. The number of aromatic hydroxyl groups is 1. The Morgan fingerprint density at radius 1 is 1.00 bits per heavy atom. The summed E-state index contributed by atoms with van der Waals surface area (Å²) in [4.78, 5) is 20.3. The molecule has 148 valence electrons. The van der Waals surface area contributed by atoms with Crippen LogP contribution in [0.3, 0.4) is 0 Å². The SMILES string of the molecule is O=C(O)c1ccccc1Nc1ccc(-c2csc(/N=C/c3ccc(O)cc3)n2)cc1. The Balaban J connectivity index is 1.47. The molecule has 0 saturated carbocycles. The smallest absolute Gasteiger partial charge is 0.337 e. The number of aliphatic imine (C=N–C) groups is 1. The van der Waals surface area contributed by atoms with E-state index < -0.39 is 5.97 Å². The summed E-state index contributed by atoms with van der Waals surface area (Å²) in [6.07, 6.45) is 1.70. The Kier molecular flexibility index (Phi) is 5.54. The average Bonchev–Trinajstić information content (AvgIpc) is 3.23. The molecule has 3 N–H and O–H groups in total. The van der Waals surface area contributed by atoms with Gasteiger partial charge in [-0.25, -0.2) is 14.8 Å². The van der Waals surface area contributed by atoms with Gasteiger partial charge in [-0.15, -0.1) is 11.3 Å². The lowest BCUT2D eigenvalue weighted by Gasteiger charge is -2.09. The number of hydrogen-bond donors (Lipinski definition) is 3. The van der Waals surface area contributed by atoms with E-state index in [0.717, 1.165) is 22.5 Å². The van der Waals surface area contributed by atoms with E-state index in [0.29, 0.717) is 10.8 Å². The molecule has 0 aliphatic carbocycles. The van der Waals surface area contributed by atoms with Gasteiger partial charge in [0.2, 0.25) is 5.13 Å². The molecule has 0 atom stereocenters. The van der Waals surface area contributed by atoms with Gasteiger partial charge in [0.05, 0.1) is 16.9 Å². The van der Waals surface area contributed by atoms with Gasteiger partial charge in [0.25, 0.3) is 0 Å². The number of benzene rings is 3. The molecule has 0 fully saturated rings. The lowest BCUT2D eigenvalue weighted by Crippen LogP contribution is -2.02. The quantitative estimate of drug-likeness (QED) is 0.351. The summed E-state index contributed by atoms with van der Waals surface area (Å²) in [5, 5.41) is 24.3. The van der Waals surface area contributed by atoms with Crippen molar-refractivity contribution in [3.8, 4) is 17.0 Å². The predicted molar refractivity (Wildman–Crippen MR) is 120 cm³/mol. The molecular formula is C23H17N3O3S. The van der Waals surface area contributed by atoms with E-state index in [1.807, 2.05) is 29.6 Å². The highest BCUT2D eigenvalue weighted by Gasteiger charge is 2.09. The van der Waals surface area contributed by atoms with Gasteiger partial charge in [-0.3, -0.25) is 0 Å². The lowest BCUT2D eigenvalue weighted by atomic mass is 10.1. The molecule has 4 aromatic rings. The molecular weight excluding hydrogens is 398 g/mol. The highest BCUT2D eigenvalue weighted by atomic mass is 32.1. The van der Waals surface area contributed by atoms with Crippen LogP contribution in [0, 0.1) is 0 Å². The molecule has 0 aliphatic rings. The molecule has 0 radical (unpaired) electrons. The monoisotopic (exact) mass is 415 g/mol. The number of anilines is 2. The molecule has 1 heterocycles. The van der Waals surface area contributed by atoms with Crippen LogP contribution in [0.15, 0.2) is 83.2 Å². The number of aromatic nitrogens is 1. The minimum Gasteiger partial charge on any atom is -0.508 e. The van der Waals surface area contributed by atoms with Crippen LogP contribution in [-0.4, -0.2) is 27.4 Å². The van der Waals surface area contributed by atoms with E-state index in [9.17, 15) is 15.0 Å². The molecule has 7 heteroatoms. The first-order valence-electron chi connectivity index (χ1n) is 9.07. The number of carboxylic acids is 1. The third-order valence-electron chi connectivity index (χ3n) is 4.33. The maximum atomic E-state index is 11.3. The number of thiazole rings is 1. The number of phenols is 1. The normalized spacial score (nSPS) is 10.9. The van der Waals surface area contributed by atoms with Gasteiger partial charge in [-0.1, -0.05) is 24.3 Å². The van der Waals surface area contributed by atoms with E-state index in [4.69, 9.17) is 0 Å². The zero-order valence-electron chi connectivity index (χ0n) is 15.7. The second-order valence-electron chi connectivity index (χ2n) is 6.42. The summed E-state index contributed by atoms with van der Waals surface area (Å²) in [6.45, 7) is 0. The van der Waals surface area contributed by atoms with Crippen LogP contribution < -0.4 is 5.32 Å². The van der Waals surface area contributed by atoms with Crippen molar-refractivity contribution in [3.05, 3.63) is 89.3 Å². The maximum absolute atomic E-state index is 11.3. The Bertz CT molecular complexity index is 1200. The Morgan fingerprint density at radius 2 is 1.73 bits per heavy atom. The van der Waals surface area contributed by atoms with Gasteiger partial charge in [0, 0.05) is 22.8 Å². The molecule has 0 aliphatic heterocycles. The van der Waals surface area contributed by atoms with E-state index in [2.05, 4.69) is 15.3 Å². The molecule has 1 aromatic heterocycles. The molecule has 6 nitrogen and oxygen atoms in total. The number of aromatic carboxylic acids is 1. The molecule has 0 unspecified atom stereocenters. The molecule has 30 heavy (non-hydrogen) atoms. The summed E-state index contributed by atoms with van der Waals surface area (Å²) in [7, 11) is 0. The van der Waals surface area contributed by atoms with Crippen molar-refractivity contribution >= 4 is 40.0 Å². The van der Waals surface area contributed by atoms with Crippen LogP contribution in [0.5, 0.6) is 5.75 Å². The molecule has 0 bridgehead atoms. The Morgan fingerprint density at radius 3 is 2.47 bits per heavy atom. The molecule has 0 amide bonds. The lowest BCUT2D eigenvalue weighted by molar-refractivity contribution is 0.0698. The third-order valence-corrected chi connectivity index (χ3v) is 5.07. The van der Waals surface area contributed by atoms with E-state index in [1.54, 1.807) is 54.7 Å². The highest BCUT2D eigenvalue weighted by molar-refractivity contribution is 7.13. The number of nitrogens with zero attached hydrogens (tertiary/aromatic N) is 2. The standard InChI is InChI=1S/C23H17N3O3S/c27-18-11-5-15(6-12-18)13-24-23-26-21(14-30-23)16-7-9-17(10-8-16)25-20-4-2-1-3-19(20)22(28)29/h1-14,25,27H,(H,28,29)/b24-13+. The van der Waals surface area contributed by atoms with Gasteiger partial charge in [0.1, 0.15) is 5.75 Å². The van der Waals surface area contributed by atoms with Gasteiger partial charge < -0.3 is 15.5 Å². The zero-order chi connectivity index (χ0) is 20.9. The summed E-state index contributed by atoms with van der Waals surface area (Å²) in [5.74, 6) is -0.759. The molecule has 0 saturated heterocycles. The summed E-state index contributed by atoms with van der Waals surface area (Å²) in [5.41, 5.74) is 4.18. The Labute approximate surface area is 176 Å². The number of hydrogen-bond acceptors (Lipinski definition) is 6. The van der Waals surface area contributed by atoms with Gasteiger partial charge in [-0.05, 0) is 54.1 Å². The summed E-state index contributed by atoms with van der Waals surface area (Å²) < 4.78 is 0. The Hall–Kier alpha value is -3.97. The van der Waals surface area contributed by atoms with Gasteiger partial charge in [0.15, 0.2) is 0 Å². The van der Waals surface area contributed by atoms with Crippen LogP contribution in [0.2, 0.25) is 0 Å². The van der Waals surface area contributed by atoms with Crippen molar-refractivity contribution in [3.63, 3.8) is 0 Å². The topological polar surface area (TPSA) is 94.8 Å². The van der Waals surface area contributed by atoms with Crippen molar-refractivity contribution in [2.45, 2.75) is 0 Å². The largest absolute Gasteiger partial charge is 0.508 e. The first kappa shape index (κ1) is 19.4. The van der Waals surface area contributed by atoms with Crippen molar-refractivity contribution in [1.29, 1.82) is 0 Å². The fraction of sp³-hybridized carbons (Fsp3) is 0. The van der Waals surface area contributed by atoms with E-state index >= 15 is 0 Å². The van der Waals surface area contributed by atoms with Crippen molar-refractivity contribution in [2.75, 3.05) is 5.32 Å². The number of rotatable bonds is 6. The van der Waals surface area contributed by atoms with Crippen LogP contribution in [0.4, 0.5) is 16.5 Å². The van der Waals surface area contributed by atoms with Crippen LogP contribution in [0.25, 0.3) is 11.3 Å². The summed E-state index contributed by atoms with van der Waals surface area (Å²) >= 11 is 1.44. The van der Waals surface area contributed by atoms with Gasteiger partial charge in [-0.2, -0.15) is 0 Å². The first-order valence-corrected chi connectivity index (χ1v) is 9.95. The minimum atomic E-state index is -0.974. The van der Waals surface area contributed by atoms with E-state index in [1.165, 1.54) is 11.3 Å². The number of carboxylic acid groups (broad SMARTS) is 1. The number of phenolic OH excluding ortho intramolecular Hbond substituents is 1. The molecule has 4 rings (SSSR count). The van der Waals surface area contributed by atoms with Crippen LogP contribution in [-0.2, 0) is 0 Å². The third kappa shape index (κ3) is 4.53. The fourth-order valence-electron chi connectivity index (χ4n) is 2.80. The van der Waals surface area contributed by atoms with E-state index in [-0.39, 0.29) is 11.3 Å². The number of nitrogens with one attached hydrogen (secondary N) is 1. The van der Waals surface area contributed by atoms with Crippen molar-refractivity contribution < 1.29 is 15.0 Å². The average molecular weight is 415 g/mol. The number of para-hydroxylation sites is 1. The minimum absolute atomic E-state index is 0.216. The van der Waals surface area contributed by atoms with Gasteiger partial charge >= 0.3 is 5.97 Å². The maximum Gasteiger partial charge on any atom is 0.337 e. The van der Waals surface area contributed by atoms with Crippen molar-refractivity contribution in [1.82, 2.24) is 4.98 Å². The van der Waals surface area contributed by atoms with Crippen molar-refractivity contribution in [2.24, 2.45) is 4.99 Å². The first-order chi connectivity index (χ1) is 14.6. The molecule has 3 aromatic carbocycles. The second-order valence-corrected chi connectivity index (χ2v) is 7.25. The number of carbonyl (C=O) groups is 1. The zero-order valence-corrected chi connectivity index (χ0v) is 16.5. The highest BCUT2D eigenvalue weighted by Crippen LogP contribution is 2.29. The second kappa shape index (κ2) is 8.59. The fourth-order valence-corrected chi connectivity index (χ4v) is 3.48. The van der Waals surface area contributed by atoms with Crippen LogP contribution in [0.1, 0.15) is 15.9 Å². The predicted octanol–water partition coefficient (Wildman–Crippen LogP) is 5.71.